The fraction of sp³-hybridized carbons (Fsp3) is 0.133. The van der Waals surface area contributed by atoms with Crippen molar-refractivity contribution in [3.8, 4) is 0 Å². The van der Waals surface area contributed by atoms with Crippen LogP contribution in [-0.2, 0) is 0 Å². The summed E-state index contributed by atoms with van der Waals surface area (Å²) in [6, 6.07) is 17.2. The van der Waals surface area contributed by atoms with Gasteiger partial charge in [0.05, 0.1) is 0 Å². The molecule has 0 atom stereocenters. The predicted molar refractivity (Wildman–Crippen MR) is 72.7 cm³/mol. The summed E-state index contributed by atoms with van der Waals surface area (Å²) in [4.78, 5) is 13.3. The van der Waals surface area contributed by atoms with Crippen molar-refractivity contribution in [1.82, 2.24) is 0 Å². The van der Waals surface area contributed by atoms with Gasteiger partial charge in [-0.3, -0.25) is 4.79 Å². The maximum absolute atomic E-state index is 12.1. The molecule has 0 aliphatic carbocycles. The number of thioether (sulfide) groups is 1. The molecule has 0 aromatic heterocycles. The van der Waals surface area contributed by atoms with Crippen LogP contribution in [0.4, 0.5) is 0 Å². The fourth-order valence-corrected chi connectivity index (χ4v) is 2.29. The summed E-state index contributed by atoms with van der Waals surface area (Å²) in [6.45, 7) is 2.12. The molecule has 0 aliphatic rings. The highest BCUT2D eigenvalue weighted by molar-refractivity contribution is 7.99. The van der Waals surface area contributed by atoms with Gasteiger partial charge in [0.15, 0.2) is 5.78 Å². The molecule has 86 valence electrons. The minimum Gasteiger partial charge on any atom is -0.289 e. The zero-order valence-electron chi connectivity index (χ0n) is 9.72. The molecule has 0 heterocycles. The van der Waals surface area contributed by atoms with Crippen LogP contribution in [0.1, 0.15) is 22.8 Å². The number of hydrogen-bond acceptors (Lipinski definition) is 2. The molecular formula is C15H14OS. The van der Waals surface area contributed by atoms with E-state index in [4.69, 9.17) is 0 Å². The van der Waals surface area contributed by atoms with Gasteiger partial charge < -0.3 is 0 Å². The molecule has 0 fully saturated rings. The number of rotatable bonds is 4. The van der Waals surface area contributed by atoms with E-state index in [2.05, 4.69) is 6.92 Å². The largest absolute Gasteiger partial charge is 0.289 e. The van der Waals surface area contributed by atoms with Gasteiger partial charge in [-0.05, 0) is 30.0 Å². The van der Waals surface area contributed by atoms with Crippen molar-refractivity contribution in [2.75, 3.05) is 5.75 Å². The molecule has 1 nitrogen and oxygen atoms in total. The lowest BCUT2D eigenvalue weighted by atomic mass is 10.0. The lowest BCUT2D eigenvalue weighted by Gasteiger charge is -2.02. The van der Waals surface area contributed by atoms with Crippen molar-refractivity contribution in [2.45, 2.75) is 11.8 Å². The van der Waals surface area contributed by atoms with E-state index in [-0.39, 0.29) is 5.78 Å². The van der Waals surface area contributed by atoms with Gasteiger partial charge in [-0.25, -0.2) is 0 Å². The topological polar surface area (TPSA) is 17.1 Å². The molecule has 0 spiro atoms. The summed E-state index contributed by atoms with van der Waals surface area (Å²) in [5, 5.41) is 0. The van der Waals surface area contributed by atoms with Crippen LogP contribution in [0.3, 0.4) is 0 Å². The monoisotopic (exact) mass is 242 g/mol. The molecule has 0 aliphatic heterocycles. The molecule has 0 saturated heterocycles. The summed E-state index contributed by atoms with van der Waals surface area (Å²) < 4.78 is 0. The minimum atomic E-state index is 0.0821. The summed E-state index contributed by atoms with van der Waals surface area (Å²) >= 11 is 1.78. The maximum atomic E-state index is 12.1. The Balaban J connectivity index is 2.20. The molecule has 17 heavy (non-hydrogen) atoms. The van der Waals surface area contributed by atoms with Gasteiger partial charge in [0.1, 0.15) is 0 Å². The molecule has 2 heteroatoms. The predicted octanol–water partition coefficient (Wildman–Crippen LogP) is 4.03. The first kappa shape index (κ1) is 11.9. The Hall–Kier alpha value is -1.54. The molecule has 0 radical (unpaired) electrons. The van der Waals surface area contributed by atoms with Gasteiger partial charge >= 0.3 is 0 Å². The minimum absolute atomic E-state index is 0.0821. The fourth-order valence-electron chi connectivity index (χ4n) is 1.63. The Bertz CT molecular complexity index is 488. The van der Waals surface area contributed by atoms with E-state index >= 15 is 0 Å². The van der Waals surface area contributed by atoms with E-state index in [1.807, 2.05) is 54.6 Å². The summed E-state index contributed by atoms with van der Waals surface area (Å²) in [5.41, 5.74) is 1.49. The highest BCUT2D eigenvalue weighted by Crippen LogP contribution is 2.19. The standard InChI is InChI=1S/C15H14OS/c1-2-17-14-10-8-13(9-11-14)15(16)12-6-4-3-5-7-12/h3-11H,2H2,1H3. The number of benzene rings is 2. The summed E-state index contributed by atoms with van der Waals surface area (Å²) in [6.07, 6.45) is 0. The molecular weight excluding hydrogens is 228 g/mol. The van der Waals surface area contributed by atoms with E-state index in [0.29, 0.717) is 0 Å². The van der Waals surface area contributed by atoms with Crippen LogP contribution in [0.2, 0.25) is 0 Å². The maximum Gasteiger partial charge on any atom is 0.193 e. The Morgan fingerprint density at radius 1 is 0.941 bits per heavy atom. The second-order valence-corrected chi connectivity index (χ2v) is 4.99. The van der Waals surface area contributed by atoms with Crippen molar-refractivity contribution >= 4 is 17.5 Å². The van der Waals surface area contributed by atoms with Gasteiger partial charge in [0, 0.05) is 16.0 Å². The van der Waals surface area contributed by atoms with Crippen molar-refractivity contribution < 1.29 is 4.79 Å². The van der Waals surface area contributed by atoms with Crippen LogP contribution in [0.15, 0.2) is 59.5 Å². The lowest BCUT2D eigenvalue weighted by Crippen LogP contribution is -2.00. The normalized spacial score (nSPS) is 10.2. The average molecular weight is 242 g/mol. The smallest absolute Gasteiger partial charge is 0.193 e. The van der Waals surface area contributed by atoms with Gasteiger partial charge in [-0.1, -0.05) is 37.3 Å². The van der Waals surface area contributed by atoms with Crippen LogP contribution < -0.4 is 0 Å². The van der Waals surface area contributed by atoms with E-state index in [9.17, 15) is 4.79 Å². The quantitative estimate of drug-likeness (QED) is 0.595. The molecule has 0 unspecified atom stereocenters. The number of ketones is 1. The van der Waals surface area contributed by atoms with Crippen LogP contribution in [0, 0.1) is 0 Å². The molecule has 2 aromatic rings. The average Bonchev–Trinajstić information content (AvgIpc) is 2.40. The first-order valence-corrected chi connectivity index (χ1v) is 6.62. The Labute approximate surface area is 106 Å². The van der Waals surface area contributed by atoms with Crippen molar-refractivity contribution in [3.05, 3.63) is 65.7 Å². The van der Waals surface area contributed by atoms with Crippen molar-refractivity contribution in [3.63, 3.8) is 0 Å². The summed E-state index contributed by atoms with van der Waals surface area (Å²) in [5.74, 6) is 1.13. The number of carbonyl (C=O) groups excluding carboxylic acids is 1. The number of carbonyl (C=O) groups is 1. The van der Waals surface area contributed by atoms with Crippen LogP contribution >= 0.6 is 11.8 Å². The van der Waals surface area contributed by atoms with Crippen LogP contribution in [0.25, 0.3) is 0 Å². The molecule has 0 N–H and O–H groups in total. The molecule has 0 bridgehead atoms. The van der Waals surface area contributed by atoms with E-state index < -0.39 is 0 Å². The third kappa shape index (κ3) is 2.98. The van der Waals surface area contributed by atoms with E-state index in [1.54, 1.807) is 11.8 Å². The van der Waals surface area contributed by atoms with E-state index in [0.717, 1.165) is 16.9 Å². The van der Waals surface area contributed by atoms with E-state index in [1.165, 1.54) is 4.90 Å². The SMILES string of the molecule is CCSc1ccc(C(=O)c2ccccc2)cc1. The highest BCUT2D eigenvalue weighted by atomic mass is 32.2. The summed E-state index contributed by atoms with van der Waals surface area (Å²) in [7, 11) is 0. The zero-order valence-corrected chi connectivity index (χ0v) is 10.5. The Kier molecular flexibility index (Phi) is 3.99. The molecule has 0 amide bonds. The molecule has 0 saturated carbocycles. The third-order valence-electron chi connectivity index (χ3n) is 2.46. The number of hydrogen-bond donors (Lipinski definition) is 0. The molecule has 2 rings (SSSR count). The van der Waals surface area contributed by atoms with Gasteiger partial charge in [-0.15, -0.1) is 11.8 Å². The van der Waals surface area contributed by atoms with Crippen molar-refractivity contribution in [2.24, 2.45) is 0 Å². The second-order valence-electron chi connectivity index (χ2n) is 3.65. The van der Waals surface area contributed by atoms with Gasteiger partial charge in [0.25, 0.3) is 0 Å². The first-order valence-electron chi connectivity index (χ1n) is 5.64. The van der Waals surface area contributed by atoms with Crippen LogP contribution in [0.5, 0.6) is 0 Å². The highest BCUT2D eigenvalue weighted by Gasteiger charge is 2.07. The Morgan fingerprint density at radius 3 is 2.12 bits per heavy atom. The van der Waals surface area contributed by atoms with Crippen molar-refractivity contribution in [1.29, 1.82) is 0 Å². The zero-order chi connectivity index (χ0) is 12.1. The first-order chi connectivity index (χ1) is 8.31. The lowest BCUT2D eigenvalue weighted by molar-refractivity contribution is 0.103. The Morgan fingerprint density at radius 2 is 1.53 bits per heavy atom. The molecule has 2 aromatic carbocycles. The van der Waals surface area contributed by atoms with Crippen LogP contribution in [-0.4, -0.2) is 11.5 Å². The van der Waals surface area contributed by atoms with Gasteiger partial charge in [0.2, 0.25) is 0 Å². The van der Waals surface area contributed by atoms with Gasteiger partial charge in [-0.2, -0.15) is 0 Å². The second kappa shape index (κ2) is 5.69. The third-order valence-corrected chi connectivity index (χ3v) is 3.36.